The second-order valence-corrected chi connectivity index (χ2v) is 9.17. The third-order valence-electron chi connectivity index (χ3n) is 4.97. The van der Waals surface area contributed by atoms with Crippen LogP contribution < -0.4 is 15.4 Å². The van der Waals surface area contributed by atoms with Gasteiger partial charge in [-0.15, -0.1) is 0 Å². The second-order valence-electron chi connectivity index (χ2n) is 7.26. The normalized spacial score (nSPS) is 15.7. The summed E-state index contributed by atoms with van der Waals surface area (Å²) in [6.07, 6.45) is 1.42. The molecular formula is C21H27N3O7S. The number of methoxy groups -OCH3 is 1. The van der Waals surface area contributed by atoms with Crippen molar-refractivity contribution >= 4 is 21.8 Å². The van der Waals surface area contributed by atoms with E-state index in [9.17, 15) is 18.0 Å². The summed E-state index contributed by atoms with van der Waals surface area (Å²) in [6.45, 7) is 2.93. The van der Waals surface area contributed by atoms with E-state index in [0.29, 0.717) is 24.5 Å². The van der Waals surface area contributed by atoms with E-state index >= 15 is 0 Å². The van der Waals surface area contributed by atoms with Gasteiger partial charge in [0.05, 0.1) is 39.6 Å². The van der Waals surface area contributed by atoms with Crippen molar-refractivity contribution in [1.82, 2.24) is 14.9 Å². The van der Waals surface area contributed by atoms with Crippen LogP contribution in [0.15, 0.2) is 45.9 Å². The molecule has 0 aliphatic carbocycles. The van der Waals surface area contributed by atoms with E-state index in [4.69, 9.17) is 13.9 Å². The summed E-state index contributed by atoms with van der Waals surface area (Å²) in [7, 11) is -2.41. The number of morpholine rings is 1. The highest BCUT2D eigenvalue weighted by Gasteiger charge is 2.29. The summed E-state index contributed by atoms with van der Waals surface area (Å²) < 4.78 is 43.1. The Bertz CT molecular complexity index is 1030. The lowest BCUT2D eigenvalue weighted by atomic mass is 10.1. The number of ether oxygens (including phenoxy) is 2. The van der Waals surface area contributed by atoms with Gasteiger partial charge >= 0.3 is 0 Å². The van der Waals surface area contributed by atoms with Gasteiger partial charge in [-0.3, -0.25) is 9.59 Å². The van der Waals surface area contributed by atoms with Crippen molar-refractivity contribution in [1.29, 1.82) is 0 Å². The molecule has 1 aromatic heterocycles. The number of benzene rings is 1. The first-order valence-electron chi connectivity index (χ1n) is 10.2. The zero-order valence-corrected chi connectivity index (χ0v) is 18.8. The number of sulfonamides is 1. The smallest absolute Gasteiger partial charge is 0.246 e. The number of nitrogens with one attached hydrogen (secondary N) is 2. The summed E-state index contributed by atoms with van der Waals surface area (Å²) >= 11 is 0. The van der Waals surface area contributed by atoms with Crippen molar-refractivity contribution in [2.75, 3.05) is 33.4 Å². The van der Waals surface area contributed by atoms with Gasteiger partial charge < -0.3 is 24.5 Å². The van der Waals surface area contributed by atoms with Crippen LogP contribution in [0.1, 0.15) is 18.2 Å². The van der Waals surface area contributed by atoms with E-state index in [1.165, 1.54) is 29.8 Å². The Hall–Kier alpha value is -2.89. The van der Waals surface area contributed by atoms with Gasteiger partial charge in [-0.1, -0.05) is 6.07 Å². The van der Waals surface area contributed by atoms with Gasteiger partial charge in [0.2, 0.25) is 21.8 Å². The predicted octanol–water partition coefficient (Wildman–Crippen LogP) is 0.673. The van der Waals surface area contributed by atoms with Crippen LogP contribution in [-0.4, -0.2) is 64.0 Å². The topological polar surface area (TPSA) is 127 Å². The molecule has 10 nitrogen and oxygen atoms in total. The molecule has 3 rings (SSSR count). The number of hydrogen-bond acceptors (Lipinski definition) is 7. The maximum absolute atomic E-state index is 13.1. The van der Waals surface area contributed by atoms with E-state index in [2.05, 4.69) is 10.6 Å². The summed E-state index contributed by atoms with van der Waals surface area (Å²) in [5, 5.41) is 5.29. The average Bonchev–Trinajstić information content (AvgIpc) is 3.31. The molecule has 32 heavy (non-hydrogen) atoms. The zero-order valence-electron chi connectivity index (χ0n) is 18.0. The van der Waals surface area contributed by atoms with Crippen molar-refractivity contribution in [3.63, 3.8) is 0 Å². The lowest BCUT2D eigenvalue weighted by Crippen LogP contribution is -2.45. The quantitative estimate of drug-likeness (QED) is 0.557. The Morgan fingerprint density at radius 2 is 1.97 bits per heavy atom. The van der Waals surface area contributed by atoms with Gasteiger partial charge in [-0.2, -0.15) is 4.31 Å². The van der Waals surface area contributed by atoms with E-state index in [1.54, 1.807) is 25.1 Å². The molecule has 0 radical (unpaired) electrons. The van der Waals surface area contributed by atoms with Crippen LogP contribution in [0.3, 0.4) is 0 Å². The fourth-order valence-electron chi connectivity index (χ4n) is 3.24. The number of rotatable bonds is 9. The highest BCUT2D eigenvalue weighted by atomic mass is 32.2. The van der Waals surface area contributed by atoms with Crippen molar-refractivity contribution in [3.05, 3.63) is 47.9 Å². The number of hydrogen-bond donors (Lipinski definition) is 2. The Balaban J connectivity index is 1.64. The Labute approximate surface area is 186 Å². The molecule has 174 valence electrons. The number of carbonyl (C=O) groups excluding carboxylic acids is 2. The van der Waals surface area contributed by atoms with Crippen molar-refractivity contribution in [3.8, 4) is 5.75 Å². The fraction of sp³-hybridized carbons (Fsp3) is 0.429. The van der Waals surface area contributed by atoms with Crippen LogP contribution in [0.2, 0.25) is 0 Å². The molecule has 2 N–H and O–H groups in total. The minimum atomic E-state index is -3.80. The minimum absolute atomic E-state index is 0.00330. The van der Waals surface area contributed by atoms with Crippen LogP contribution in [0.4, 0.5) is 0 Å². The van der Waals surface area contributed by atoms with E-state index in [0.717, 1.165) is 0 Å². The Morgan fingerprint density at radius 3 is 2.62 bits per heavy atom. The van der Waals surface area contributed by atoms with Crippen LogP contribution in [0.25, 0.3) is 0 Å². The number of furan rings is 1. The molecule has 2 amide bonds. The zero-order chi connectivity index (χ0) is 23.1. The summed E-state index contributed by atoms with van der Waals surface area (Å²) in [6, 6.07) is 7.26. The lowest BCUT2D eigenvalue weighted by molar-refractivity contribution is -0.128. The maximum atomic E-state index is 13.1. The Morgan fingerprint density at radius 1 is 1.22 bits per heavy atom. The SMILES string of the molecule is COc1ccc(CC(=O)NC(C)C(=O)NCc2ccco2)cc1S(=O)(=O)N1CCOCC1. The number of carbonyl (C=O) groups is 2. The highest BCUT2D eigenvalue weighted by molar-refractivity contribution is 7.89. The molecule has 0 saturated carbocycles. The molecule has 2 aromatic rings. The molecule has 1 fully saturated rings. The fourth-order valence-corrected chi connectivity index (χ4v) is 4.86. The van der Waals surface area contributed by atoms with Crippen LogP contribution in [-0.2, 0) is 37.3 Å². The third-order valence-corrected chi connectivity index (χ3v) is 6.89. The minimum Gasteiger partial charge on any atom is -0.495 e. The summed E-state index contributed by atoms with van der Waals surface area (Å²) in [4.78, 5) is 24.6. The Kier molecular flexibility index (Phi) is 7.89. The first kappa shape index (κ1) is 23.8. The van der Waals surface area contributed by atoms with Crippen LogP contribution >= 0.6 is 0 Å². The standard InChI is InChI=1S/C21H27N3O7S/c1-15(21(26)22-14-17-4-3-9-31-17)23-20(25)13-16-5-6-18(29-2)19(12-16)32(27,28)24-7-10-30-11-8-24/h3-6,9,12,15H,7-8,10-11,13-14H2,1-2H3,(H,22,26)(H,23,25). The first-order chi connectivity index (χ1) is 15.3. The number of nitrogens with zero attached hydrogens (tertiary/aromatic N) is 1. The van der Waals surface area contributed by atoms with Gasteiger partial charge in [0.15, 0.2) is 0 Å². The molecule has 2 heterocycles. The van der Waals surface area contributed by atoms with Crippen molar-refractivity contribution in [2.45, 2.75) is 30.8 Å². The van der Waals surface area contributed by atoms with Gasteiger partial charge in [-0.05, 0) is 36.8 Å². The van der Waals surface area contributed by atoms with Crippen LogP contribution in [0.5, 0.6) is 5.75 Å². The maximum Gasteiger partial charge on any atom is 0.246 e. The molecule has 0 bridgehead atoms. The molecule has 1 atom stereocenters. The first-order valence-corrected chi connectivity index (χ1v) is 11.6. The van der Waals surface area contributed by atoms with Crippen molar-refractivity contribution in [2.24, 2.45) is 0 Å². The molecule has 1 aliphatic rings. The molecule has 1 saturated heterocycles. The van der Waals surface area contributed by atoms with E-state index < -0.39 is 22.0 Å². The monoisotopic (exact) mass is 465 g/mol. The second kappa shape index (κ2) is 10.6. The molecule has 1 unspecified atom stereocenters. The highest BCUT2D eigenvalue weighted by Crippen LogP contribution is 2.28. The summed E-state index contributed by atoms with van der Waals surface area (Å²) in [5.74, 6) is 0.0287. The molecule has 11 heteroatoms. The molecule has 1 aliphatic heterocycles. The van der Waals surface area contributed by atoms with Gasteiger partial charge in [0.1, 0.15) is 22.4 Å². The van der Waals surface area contributed by atoms with Crippen molar-refractivity contribution < 1.29 is 31.9 Å². The summed E-state index contributed by atoms with van der Waals surface area (Å²) in [5.41, 5.74) is 0.485. The van der Waals surface area contributed by atoms with Crippen LogP contribution in [0, 0.1) is 0 Å². The van der Waals surface area contributed by atoms with Gasteiger partial charge in [0, 0.05) is 13.1 Å². The van der Waals surface area contributed by atoms with E-state index in [1.807, 2.05) is 0 Å². The van der Waals surface area contributed by atoms with Gasteiger partial charge in [-0.25, -0.2) is 8.42 Å². The lowest BCUT2D eigenvalue weighted by Gasteiger charge is -2.26. The van der Waals surface area contributed by atoms with Gasteiger partial charge in [0.25, 0.3) is 0 Å². The largest absolute Gasteiger partial charge is 0.495 e. The van der Waals surface area contributed by atoms with E-state index in [-0.39, 0.29) is 42.6 Å². The predicted molar refractivity (Wildman–Crippen MR) is 114 cm³/mol. The molecule has 0 spiro atoms. The number of amides is 2. The third kappa shape index (κ3) is 5.87. The molecule has 1 aromatic carbocycles. The molecular weight excluding hydrogens is 438 g/mol. The average molecular weight is 466 g/mol.